The van der Waals surface area contributed by atoms with Crippen LogP contribution in [0.4, 0.5) is 0 Å². The normalized spacial score (nSPS) is 59.5. The van der Waals surface area contributed by atoms with E-state index in [2.05, 4.69) is 13.8 Å². The summed E-state index contributed by atoms with van der Waals surface area (Å²) in [5.41, 5.74) is -1.02. The minimum atomic E-state index is -0.729. The van der Waals surface area contributed by atoms with Crippen molar-refractivity contribution in [1.82, 2.24) is 0 Å². The molecule has 4 saturated carbocycles. The standard InChI is InChI=1S/C20H32O4/c1-17-8-5-12-18(2)6-4-7-19(3,16(23)24)13(18)9-14(21)20(12,11-17)10-15(17)22/h12-15,21-22H,4-11H2,1-3H3,(H,23,24)/t12-,13-,14+,15+,17-,18-,19+,20+/m0/s1. The lowest BCUT2D eigenvalue weighted by molar-refractivity contribution is -0.211. The van der Waals surface area contributed by atoms with Crippen molar-refractivity contribution in [3.63, 3.8) is 0 Å². The molecule has 0 amide bonds. The molecule has 0 aromatic carbocycles. The van der Waals surface area contributed by atoms with Gasteiger partial charge in [-0.3, -0.25) is 4.79 Å². The Morgan fingerprint density at radius 1 is 1.00 bits per heavy atom. The first kappa shape index (κ1) is 16.8. The molecule has 0 unspecified atom stereocenters. The topological polar surface area (TPSA) is 77.8 Å². The van der Waals surface area contributed by atoms with Crippen molar-refractivity contribution < 1.29 is 20.1 Å². The van der Waals surface area contributed by atoms with E-state index in [9.17, 15) is 20.1 Å². The lowest BCUT2D eigenvalue weighted by Gasteiger charge is -2.65. The maximum Gasteiger partial charge on any atom is 0.309 e. The number of rotatable bonds is 1. The minimum Gasteiger partial charge on any atom is -0.481 e. The number of aliphatic carboxylic acids is 1. The molecule has 0 aliphatic heterocycles. The number of hydrogen-bond acceptors (Lipinski definition) is 3. The van der Waals surface area contributed by atoms with Gasteiger partial charge in [-0.15, -0.1) is 0 Å². The van der Waals surface area contributed by atoms with Gasteiger partial charge in [0.2, 0.25) is 0 Å². The highest BCUT2D eigenvalue weighted by molar-refractivity contribution is 5.75. The average molecular weight is 336 g/mol. The fourth-order valence-electron chi connectivity index (χ4n) is 7.88. The van der Waals surface area contributed by atoms with Crippen molar-refractivity contribution >= 4 is 5.97 Å². The van der Waals surface area contributed by atoms with Crippen LogP contribution in [0.5, 0.6) is 0 Å². The van der Waals surface area contributed by atoms with E-state index in [1.807, 2.05) is 6.92 Å². The van der Waals surface area contributed by atoms with Gasteiger partial charge in [-0.05, 0) is 74.5 Å². The van der Waals surface area contributed by atoms with Crippen LogP contribution in [0.3, 0.4) is 0 Å². The van der Waals surface area contributed by atoms with Gasteiger partial charge in [-0.2, -0.15) is 0 Å². The van der Waals surface area contributed by atoms with Crippen molar-refractivity contribution in [1.29, 1.82) is 0 Å². The molecule has 0 radical (unpaired) electrons. The van der Waals surface area contributed by atoms with Gasteiger partial charge in [0, 0.05) is 5.41 Å². The molecule has 8 atom stereocenters. The van der Waals surface area contributed by atoms with Gasteiger partial charge in [-0.25, -0.2) is 0 Å². The zero-order chi connectivity index (χ0) is 17.5. The van der Waals surface area contributed by atoms with Crippen LogP contribution in [0.2, 0.25) is 0 Å². The van der Waals surface area contributed by atoms with Crippen LogP contribution in [0.1, 0.15) is 72.1 Å². The van der Waals surface area contributed by atoms with Gasteiger partial charge in [0.15, 0.2) is 0 Å². The van der Waals surface area contributed by atoms with Gasteiger partial charge in [0.05, 0.1) is 17.6 Å². The third-order valence-electron chi connectivity index (χ3n) is 9.19. The Morgan fingerprint density at radius 2 is 1.71 bits per heavy atom. The largest absolute Gasteiger partial charge is 0.481 e. The molecular formula is C20H32O4. The van der Waals surface area contributed by atoms with E-state index in [0.717, 1.165) is 38.5 Å². The molecule has 4 heteroatoms. The van der Waals surface area contributed by atoms with Crippen molar-refractivity contribution in [2.75, 3.05) is 0 Å². The number of aliphatic hydroxyl groups excluding tert-OH is 2. The highest BCUT2D eigenvalue weighted by Gasteiger charge is 2.70. The van der Waals surface area contributed by atoms with E-state index in [4.69, 9.17) is 0 Å². The number of carbonyl (C=O) groups is 1. The summed E-state index contributed by atoms with van der Waals surface area (Å²) in [6.07, 6.45) is 6.13. The first-order valence-electron chi connectivity index (χ1n) is 9.68. The highest BCUT2D eigenvalue weighted by atomic mass is 16.4. The summed E-state index contributed by atoms with van der Waals surface area (Å²) in [4.78, 5) is 12.1. The molecule has 0 heterocycles. The summed E-state index contributed by atoms with van der Waals surface area (Å²) in [6.45, 7) is 6.37. The molecule has 3 N–H and O–H groups in total. The van der Waals surface area contributed by atoms with Crippen molar-refractivity contribution in [3.05, 3.63) is 0 Å². The van der Waals surface area contributed by atoms with Crippen molar-refractivity contribution in [3.8, 4) is 0 Å². The summed E-state index contributed by atoms with van der Waals surface area (Å²) in [5, 5.41) is 31.8. The van der Waals surface area contributed by atoms with E-state index in [1.54, 1.807) is 0 Å². The molecule has 4 aliphatic rings. The molecule has 24 heavy (non-hydrogen) atoms. The first-order valence-corrected chi connectivity index (χ1v) is 9.68. The third-order valence-corrected chi connectivity index (χ3v) is 9.19. The molecule has 2 bridgehead atoms. The molecular weight excluding hydrogens is 304 g/mol. The molecule has 4 rings (SSSR count). The second kappa shape index (κ2) is 4.76. The fourth-order valence-corrected chi connectivity index (χ4v) is 7.88. The van der Waals surface area contributed by atoms with Crippen LogP contribution in [0.15, 0.2) is 0 Å². The predicted molar refractivity (Wildman–Crippen MR) is 90.3 cm³/mol. The third kappa shape index (κ3) is 1.79. The van der Waals surface area contributed by atoms with Gasteiger partial charge in [0.25, 0.3) is 0 Å². The van der Waals surface area contributed by atoms with E-state index >= 15 is 0 Å². The van der Waals surface area contributed by atoms with Crippen molar-refractivity contribution in [2.45, 2.75) is 84.3 Å². The minimum absolute atomic E-state index is 0.0315. The quantitative estimate of drug-likeness (QED) is 0.687. The Morgan fingerprint density at radius 3 is 2.38 bits per heavy atom. The Kier molecular flexibility index (Phi) is 3.34. The van der Waals surface area contributed by atoms with E-state index in [0.29, 0.717) is 18.8 Å². The number of hydrogen-bond donors (Lipinski definition) is 3. The molecule has 0 aromatic heterocycles. The summed E-state index contributed by atoms with van der Waals surface area (Å²) in [7, 11) is 0. The molecule has 0 saturated heterocycles. The van der Waals surface area contributed by atoms with E-state index in [-0.39, 0.29) is 28.3 Å². The lowest BCUT2D eigenvalue weighted by Crippen LogP contribution is -2.63. The van der Waals surface area contributed by atoms with Crippen LogP contribution in [0, 0.1) is 33.5 Å². The van der Waals surface area contributed by atoms with Crippen LogP contribution >= 0.6 is 0 Å². The van der Waals surface area contributed by atoms with Crippen LogP contribution < -0.4 is 0 Å². The summed E-state index contributed by atoms with van der Waals surface area (Å²) >= 11 is 0. The highest BCUT2D eigenvalue weighted by Crippen LogP contribution is 2.73. The number of fused-ring (bicyclic) bond motifs is 3. The van der Waals surface area contributed by atoms with Gasteiger partial charge < -0.3 is 15.3 Å². The smallest absolute Gasteiger partial charge is 0.309 e. The van der Waals surface area contributed by atoms with Gasteiger partial charge >= 0.3 is 5.97 Å². The van der Waals surface area contributed by atoms with Crippen molar-refractivity contribution in [2.24, 2.45) is 33.5 Å². The first-order chi connectivity index (χ1) is 11.1. The Bertz CT molecular complexity index is 576. The van der Waals surface area contributed by atoms with Crippen LogP contribution in [-0.2, 0) is 4.79 Å². The molecule has 136 valence electrons. The monoisotopic (exact) mass is 336 g/mol. The summed E-state index contributed by atoms with van der Waals surface area (Å²) in [5.74, 6) is -0.333. The molecule has 4 nitrogen and oxygen atoms in total. The zero-order valence-electron chi connectivity index (χ0n) is 15.2. The maximum atomic E-state index is 12.1. The Labute approximate surface area is 144 Å². The van der Waals surface area contributed by atoms with Crippen LogP contribution in [-0.4, -0.2) is 33.5 Å². The maximum absolute atomic E-state index is 12.1. The summed E-state index contributed by atoms with van der Waals surface area (Å²) < 4.78 is 0. The number of carboxylic acid groups (broad SMARTS) is 1. The fraction of sp³-hybridized carbons (Fsp3) is 0.950. The Hall–Kier alpha value is -0.610. The SMILES string of the molecule is C[C@@]12CC[C@H]3[C@]4(C)CCC[C@@](C)(C(=O)O)[C@H]4C[C@@H](O)[C@]3(C[C@H]1O)C2. The molecule has 1 spiro atoms. The second-order valence-corrected chi connectivity index (χ2v) is 10.3. The zero-order valence-corrected chi connectivity index (χ0v) is 15.2. The van der Waals surface area contributed by atoms with Gasteiger partial charge in [0.1, 0.15) is 0 Å². The van der Waals surface area contributed by atoms with E-state index in [1.165, 1.54) is 0 Å². The average Bonchev–Trinajstić information content (AvgIpc) is 2.68. The molecule has 4 aliphatic carbocycles. The number of aliphatic hydroxyl groups is 2. The number of carboxylic acids is 1. The lowest BCUT2D eigenvalue weighted by atomic mass is 9.39. The molecule has 0 aromatic rings. The summed E-state index contributed by atoms with van der Waals surface area (Å²) in [6, 6.07) is 0. The Balaban J connectivity index is 1.79. The van der Waals surface area contributed by atoms with E-state index < -0.39 is 17.5 Å². The van der Waals surface area contributed by atoms with Crippen LogP contribution in [0.25, 0.3) is 0 Å². The van der Waals surface area contributed by atoms with Gasteiger partial charge in [-0.1, -0.05) is 20.3 Å². The second-order valence-electron chi connectivity index (χ2n) is 10.3. The predicted octanol–water partition coefficient (Wildman–Crippen LogP) is 3.21. The molecule has 4 fully saturated rings.